The molecular weight excluding hydrogens is 430 g/mol. The van der Waals surface area contributed by atoms with Gasteiger partial charge >= 0.3 is 5.97 Å². The lowest BCUT2D eigenvalue weighted by Crippen LogP contribution is -2.52. The van der Waals surface area contributed by atoms with Crippen molar-refractivity contribution in [2.24, 2.45) is 5.92 Å². The molecule has 2 N–H and O–H groups in total. The number of nitrogens with one attached hydrogen (secondary N) is 1. The monoisotopic (exact) mass is 455 g/mol. The van der Waals surface area contributed by atoms with Crippen LogP contribution in [-0.4, -0.2) is 50.6 Å². The molecule has 0 aliphatic carbocycles. The van der Waals surface area contributed by atoms with Gasteiger partial charge in [0.05, 0.1) is 29.1 Å². The van der Waals surface area contributed by atoms with E-state index in [0.29, 0.717) is 42.9 Å². The molecule has 1 fully saturated rings. The molecule has 0 saturated carbocycles. The van der Waals surface area contributed by atoms with Crippen LogP contribution in [0, 0.1) is 24.2 Å². The molecule has 0 radical (unpaired) electrons. The molecule has 2 aliphatic heterocycles. The maximum atomic E-state index is 12.3. The van der Waals surface area contributed by atoms with Crippen molar-refractivity contribution in [1.29, 1.82) is 5.26 Å². The topological polar surface area (TPSA) is 120 Å². The number of β-amino-alcohol motifs (C(OH)–C–C–N with tert-alkyl or cyclic N) is 1. The van der Waals surface area contributed by atoms with E-state index >= 15 is 0 Å². The van der Waals surface area contributed by atoms with Crippen molar-refractivity contribution < 1.29 is 23.1 Å². The average molecular weight is 456 g/mol. The van der Waals surface area contributed by atoms with Gasteiger partial charge in [-0.05, 0) is 47.7 Å². The van der Waals surface area contributed by atoms with Crippen LogP contribution in [0.15, 0.2) is 36.4 Å². The third-order valence-electron chi connectivity index (χ3n) is 6.06. The highest BCUT2D eigenvalue weighted by molar-refractivity contribution is 7.88. The van der Waals surface area contributed by atoms with E-state index in [9.17, 15) is 18.3 Å². The summed E-state index contributed by atoms with van der Waals surface area (Å²) in [4.78, 5) is 13.8. The summed E-state index contributed by atoms with van der Waals surface area (Å²) in [7, 11) is -3.47. The first-order valence-electron chi connectivity index (χ1n) is 10.4. The number of cyclic esters (lactones) is 1. The molecule has 2 aliphatic rings. The van der Waals surface area contributed by atoms with E-state index in [2.05, 4.69) is 9.62 Å². The van der Waals surface area contributed by atoms with E-state index < -0.39 is 16.1 Å². The van der Waals surface area contributed by atoms with Crippen molar-refractivity contribution in [3.8, 4) is 6.07 Å². The molecule has 1 atom stereocenters. The number of nitriles is 1. The number of hydrogen-bond acceptors (Lipinski definition) is 7. The Labute approximate surface area is 187 Å². The number of rotatable bonds is 8. The van der Waals surface area contributed by atoms with Gasteiger partial charge in [0.15, 0.2) is 0 Å². The van der Waals surface area contributed by atoms with Gasteiger partial charge in [0, 0.05) is 31.7 Å². The fourth-order valence-electron chi connectivity index (χ4n) is 4.22. The maximum absolute atomic E-state index is 12.3. The first kappa shape index (κ1) is 22.4. The Balaban J connectivity index is 1.24. The van der Waals surface area contributed by atoms with E-state index in [1.54, 1.807) is 36.4 Å². The first-order chi connectivity index (χ1) is 15.3. The number of carbonyl (C=O) groups excluding carboxylic acids is 1. The number of carbonyl (C=O) groups is 1. The predicted molar refractivity (Wildman–Crippen MR) is 117 cm³/mol. The zero-order valence-electron chi connectivity index (χ0n) is 17.7. The van der Waals surface area contributed by atoms with E-state index in [0.717, 1.165) is 16.7 Å². The Morgan fingerprint density at radius 1 is 1.25 bits per heavy atom. The highest BCUT2D eigenvalue weighted by atomic mass is 32.2. The van der Waals surface area contributed by atoms with Gasteiger partial charge in [-0.15, -0.1) is 0 Å². The summed E-state index contributed by atoms with van der Waals surface area (Å²) in [5, 5.41) is 19.5. The zero-order chi connectivity index (χ0) is 22.9. The molecule has 0 spiro atoms. The maximum Gasteiger partial charge on any atom is 0.338 e. The largest absolute Gasteiger partial charge is 0.457 e. The van der Waals surface area contributed by atoms with E-state index in [-0.39, 0.29) is 24.2 Å². The van der Waals surface area contributed by atoms with Crippen molar-refractivity contribution in [3.63, 3.8) is 0 Å². The normalized spacial score (nSPS) is 17.3. The summed E-state index contributed by atoms with van der Waals surface area (Å²) in [5.41, 5.74) is 4.20. The lowest BCUT2D eigenvalue weighted by atomic mass is 9.93. The van der Waals surface area contributed by atoms with E-state index in [1.807, 2.05) is 13.0 Å². The predicted octanol–water partition coefficient (Wildman–Crippen LogP) is 1.62. The summed E-state index contributed by atoms with van der Waals surface area (Å²) in [6, 6.07) is 12.0. The molecule has 168 valence electrons. The van der Waals surface area contributed by atoms with Gasteiger partial charge in [-0.25, -0.2) is 17.9 Å². The minimum atomic E-state index is -3.47. The van der Waals surface area contributed by atoms with Gasteiger partial charge in [0.25, 0.3) is 0 Å². The number of ether oxygens (including phenoxy) is 1. The molecule has 8 nitrogen and oxygen atoms in total. The van der Waals surface area contributed by atoms with Crippen LogP contribution in [0.2, 0.25) is 0 Å². The van der Waals surface area contributed by atoms with Crippen LogP contribution in [0.4, 0.5) is 0 Å². The van der Waals surface area contributed by atoms with E-state index in [4.69, 9.17) is 10.00 Å². The van der Waals surface area contributed by atoms with Gasteiger partial charge in [-0.2, -0.15) is 5.26 Å². The number of aliphatic hydroxyl groups excluding tert-OH is 1. The van der Waals surface area contributed by atoms with Crippen molar-refractivity contribution in [1.82, 2.24) is 9.62 Å². The van der Waals surface area contributed by atoms with Crippen LogP contribution in [0.3, 0.4) is 0 Å². The lowest BCUT2D eigenvalue weighted by Gasteiger charge is -2.40. The van der Waals surface area contributed by atoms with Crippen LogP contribution in [0.5, 0.6) is 0 Å². The minimum Gasteiger partial charge on any atom is -0.457 e. The standard InChI is InChI=1S/C23H25N3O5S/c1-15-19(6-7-20-21(15)13-31-23(20)28)22(27)12-26-10-18(11-26)9-25-32(29,30)14-17-4-2-16(8-24)3-5-17/h2-7,18,22,25,27H,9-14H2,1H3/t22-/m0/s1. The van der Waals surface area contributed by atoms with Gasteiger partial charge < -0.3 is 9.84 Å². The number of fused-ring (bicyclic) bond motifs is 1. The van der Waals surface area contributed by atoms with Crippen molar-refractivity contribution in [2.75, 3.05) is 26.2 Å². The molecule has 0 aromatic heterocycles. The van der Waals surface area contributed by atoms with Crippen LogP contribution in [0.25, 0.3) is 0 Å². The number of benzene rings is 2. The second kappa shape index (κ2) is 9.00. The molecule has 32 heavy (non-hydrogen) atoms. The Hall–Kier alpha value is -2.77. The molecule has 1 saturated heterocycles. The Kier molecular flexibility index (Phi) is 6.31. The molecule has 0 amide bonds. The minimum absolute atomic E-state index is 0.127. The fraction of sp³-hybridized carbons (Fsp3) is 0.391. The first-order valence-corrected chi connectivity index (χ1v) is 12.1. The highest BCUT2D eigenvalue weighted by Gasteiger charge is 2.31. The molecule has 4 rings (SSSR count). The third kappa shape index (κ3) is 4.84. The summed E-state index contributed by atoms with van der Waals surface area (Å²) < 4.78 is 32.4. The van der Waals surface area contributed by atoms with Crippen LogP contribution in [0.1, 0.15) is 44.3 Å². The average Bonchev–Trinajstić information content (AvgIpc) is 3.11. The molecular formula is C23H25N3O5S. The summed E-state index contributed by atoms with van der Waals surface area (Å²) >= 11 is 0. The molecule has 2 aromatic rings. The highest BCUT2D eigenvalue weighted by Crippen LogP contribution is 2.30. The smallest absolute Gasteiger partial charge is 0.338 e. The molecule has 2 heterocycles. The van der Waals surface area contributed by atoms with Crippen LogP contribution >= 0.6 is 0 Å². The van der Waals surface area contributed by atoms with Crippen molar-refractivity contribution >= 4 is 16.0 Å². The molecule has 0 unspecified atom stereocenters. The SMILES string of the molecule is Cc1c([C@@H](O)CN2CC(CNS(=O)(=O)Cc3ccc(C#N)cc3)C2)ccc2c1COC2=O. The van der Waals surface area contributed by atoms with Crippen LogP contribution in [-0.2, 0) is 27.1 Å². The van der Waals surface area contributed by atoms with Gasteiger partial charge in [0.1, 0.15) is 6.61 Å². The number of sulfonamides is 1. The second-order valence-corrected chi connectivity index (χ2v) is 10.2. The molecule has 2 aromatic carbocycles. The molecule has 0 bridgehead atoms. The number of nitrogens with zero attached hydrogens (tertiary/aromatic N) is 2. The number of aliphatic hydroxyl groups is 1. The van der Waals surface area contributed by atoms with E-state index in [1.165, 1.54) is 0 Å². The lowest BCUT2D eigenvalue weighted by molar-refractivity contribution is 0.0413. The van der Waals surface area contributed by atoms with Gasteiger partial charge in [-0.1, -0.05) is 18.2 Å². The van der Waals surface area contributed by atoms with Crippen molar-refractivity contribution in [3.05, 3.63) is 69.8 Å². The number of hydrogen-bond donors (Lipinski definition) is 2. The Bertz CT molecular complexity index is 1170. The zero-order valence-corrected chi connectivity index (χ0v) is 18.6. The van der Waals surface area contributed by atoms with Gasteiger partial charge in [0.2, 0.25) is 10.0 Å². The summed E-state index contributed by atoms with van der Waals surface area (Å²) in [6.45, 7) is 4.32. The quantitative estimate of drug-likeness (QED) is 0.581. The summed E-state index contributed by atoms with van der Waals surface area (Å²) in [6.07, 6.45) is -0.690. The molecule has 9 heteroatoms. The second-order valence-electron chi connectivity index (χ2n) is 8.40. The number of esters is 1. The Morgan fingerprint density at radius 2 is 1.97 bits per heavy atom. The van der Waals surface area contributed by atoms with Gasteiger partial charge in [-0.3, -0.25) is 4.90 Å². The number of likely N-dealkylation sites (tertiary alicyclic amines) is 1. The Morgan fingerprint density at radius 3 is 2.66 bits per heavy atom. The summed E-state index contributed by atoms with van der Waals surface area (Å²) in [5.74, 6) is -0.265. The third-order valence-corrected chi connectivity index (χ3v) is 7.38. The van der Waals surface area contributed by atoms with Crippen molar-refractivity contribution in [2.45, 2.75) is 25.4 Å². The fourth-order valence-corrected chi connectivity index (χ4v) is 5.44. The van der Waals surface area contributed by atoms with Crippen LogP contribution < -0.4 is 4.72 Å².